The Balaban J connectivity index is 3.19. The van der Waals surface area contributed by atoms with E-state index >= 15 is 0 Å². The minimum atomic E-state index is -3.71. The first-order valence-electron chi connectivity index (χ1n) is 6.14. The molecule has 6 nitrogen and oxygen atoms in total. The number of aromatic nitrogens is 2. The Morgan fingerprint density at radius 3 is 2.37 bits per heavy atom. The van der Waals surface area contributed by atoms with Gasteiger partial charge >= 0.3 is 5.97 Å². The molecule has 108 valence electrons. The summed E-state index contributed by atoms with van der Waals surface area (Å²) in [5.41, 5.74) is 0.965. The van der Waals surface area contributed by atoms with Crippen molar-refractivity contribution in [3.63, 3.8) is 0 Å². The average molecular weight is 288 g/mol. The van der Waals surface area contributed by atoms with Gasteiger partial charge in [0.2, 0.25) is 0 Å². The third-order valence-corrected chi connectivity index (χ3v) is 4.50. The van der Waals surface area contributed by atoms with E-state index in [0.29, 0.717) is 11.4 Å². The van der Waals surface area contributed by atoms with Crippen LogP contribution in [0.15, 0.2) is 4.90 Å². The van der Waals surface area contributed by atoms with E-state index in [9.17, 15) is 13.2 Å². The first-order valence-corrected chi connectivity index (χ1v) is 7.80. The lowest BCUT2D eigenvalue weighted by Crippen LogP contribution is -2.19. The molecule has 0 aliphatic rings. The number of nitrogens with zero attached hydrogens (tertiary/aromatic N) is 2. The van der Waals surface area contributed by atoms with E-state index in [4.69, 9.17) is 0 Å². The maximum Gasteiger partial charge on any atom is 0.321 e. The summed E-state index contributed by atoms with van der Waals surface area (Å²) in [4.78, 5) is 11.5. The van der Waals surface area contributed by atoms with Crippen molar-refractivity contribution >= 4 is 15.8 Å². The van der Waals surface area contributed by atoms with Crippen LogP contribution in [0.3, 0.4) is 0 Å². The molecule has 1 rings (SSSR count). The van der Waals surface area contributed by atoms with E-state index in [2.05, 4.69) is 9.84 Å². The molecule has 0 aliphatic carbocycles. The largest absolute Gasteiger partial charge is 0.465 e. The summed E-state index contributed by atoms with van der Waals surface area (Å²) in [6.45, 7) is 8.96. The molecule has 0 atom stereocenters. The lowest BCUT2D eigenvalue weighted by atomic mass is 10.3. The molecule has 0 aliphatic heterocycles. The van der Waals surface area contributed by atoms with E-state index in [1.807, 2.05) is 13.8 Å². The highest BCUT2D eigenvalue weighted by Crippen LogP contribution is 2.23. The molecule has 0 N–H and O–H groups in total. The van der Waals surface area contributed by atoms with Gasteiger partial charge in [0.05, 0.1) is 18.0 Å². The maximum atomic E-state index is 12.2. The monoisotopic (exact) mass is 288 g/mol. The van der Waals surface area contributed by atoms with E-state index in [-0.39, 0.29) is 17.5 Å². The van der Waals surface area contributed by atoms with Crippen LogP contribution in [0.25, 0.3) is 0 Å². The summed E-state index contributed by atoms with van der Waals surface area (Å²) in [5, 5.41) is 4.21. The van der Waals surface area contributed by atoms with Crippen molar-refractivity contribution < 1.29 is 17.9 Å². The van der Waals surface area contributed by atoms with Gasteiger partial charge in [-0.25, -0.2) is 8.42 Å². The van der Waals surface area contributed by atoms with Gasteiger partial charge in [-0.1, -0.05) is 0 Å². The number of esters is 1. The lowest BCUT2D eigenvalue weighted by molar-refractivity contribution is -0.139. The van der Waals surface area contributed by atoms with Crippen LogP contribution in [0.4, 0.5) is 0 Å². The van der Waals surface area contributed by atoms with Gasteiger partial charge in [0, 0.05) is 6.04 Å². The van der Waals surface area contributed by atoms with Crippen LogP contribution >= 0.6 is 0 Å². The van der Waals surface area contributed by atoms with Crippen molar-refractivity contribution in [2.24, 2.45) is 0 Å². The Bertz CT molecular complexity index is 573. The first kappa shape index (κ1) is 15.7. The van der Waals surface area contributed by atoms with E-state index < -0.39 is 21.6 Å². The molecule has 0 amide bonds. The number of aryl methyl sites for hydroxylation is 1. The summed E-state index contributed by atoms with van der Waals surface area (Å²) in [6.07, 6.45) is 0. The van der Waals surface area contributed by atoms with Crippen molar-refractivity contribution in [2.45, 2.75) is 45.6 Å². The minimum Gasteiger partial charge on any atom is -0.465 e. The van der Waals surface area contributed by atoms with Crippen molar-refractivity contribution in [2.75, 3.05) is 12.4 Å². The van der Waals surface area contributed by atoms with Crippen LogP contribution in [0.1, 0.15) is 38.2 Å². The summed E-state index contributed by atoms with van der Waals surface area (Å²) in [7, 11) is -3.71. The number of sulfone groups is 1. The summed E-state index contributed by atoms with van der Waals surface area (Å²) >= 11 is 0. The van der Waals surface area contributed by atoms with Crippen molar-refractivity contribution in [1.29, 1.82) is 0 Å². The molecule has 0 saturated carbocycles. The fourth-order valence-corrected chi connectivity index (χ4v) is 3.60. The fraction of sp³-hybridized carbons (Fsp3) is 0.667. The SMILES string of the molecule is CCOC(=O)CS(=O)(=O)c1c(C)nn(C(C)C)c1C. The normalized spacial score (nSPS) is 11.9. The van der Waals surface area contributed by atoms with Crippen LogP contribution in [0.5, 0.6) is 0 Å². The highest BCUT2D eigenvalue weighted by Gasteiger charge is 2.28. The summed E-state index contributed by atoms with van der Waals surface area (Å²) < 4.78 is 30.8. The topological polar surface area (TPSA) is 78.3 Å². The van der Waals surface area contributed by atoms with Crippen molar-refractivity contribution in [3.05, 3.63) is 11.4 Å². The molecule has 1 aromatic heterocycles. The number of rotatable bonds is 5. The highest BCUT2D eigenvalue weighted by molar-refractivity contribution is 7.92. The Morgan fingerprint density at radius 1 is 1.37 bits per heavy atom. The zero-order chi connectivity index (χ0) is 14.8. The molecule has 0 saturated heterocycles. The Morgan fingerprint density at radius 2 is 1.95 bits per heavy atom. The van der Waals surface area contributed by atoms with E-state index in [1.54, 1.807) is 25.5 Å². The van der Waals surface area contributed by atoms with Crippen LogP contribution in [-0.2, 0) is 19.4 Å². The van der Waals surface area contributed by atoms with Gasteiger partial charge in [0.25, 0.3) is 0 Å². The van der Waals surface area contributed by atoms with Crippen LogP contribution in [0, 0.1) is 13.8 Å². The number of carbonyl (C=O) groups excluding carboxylic acids is 1. The van der Waals surface area contributed by atoms with Gasteiger partial charge in [-0.05, 0) is 34.6 Å². The molecule has 0 spiro atoms. The molecule has 0 unspecified atom stereocenters. The zero-order valence-corrected chi connectivity index (χ0v) is 12.7. The Labute approximate surface area is 113 Å². The second-order valence-electron chi connectivity index (χ2n) is 4.60. The molecule has 1 aromatic rings. The molecule has 0 aromatic carbocycles. The Hall–Kier alpha value is -1.37. The van der Waals surface area contributed by atoms with Crippen LogP contribution in [0.2, 0.25) is 0 Å². The number of hydrogen-bond donors (Lipinski definition) is 0. The predicted molar refractivity (Wildman–Crippen MR) is 70.8 cm³/mol. The molecule has 1 heterocycles. The second kappa shape index (κ2) is 5.73. The molecular weight excluding hydrogens is 268 g/mol. The third kappa shape index (κ3) is 3.34. The van der Waals surface area contributed by atoms with Crippen LogP contribution in [-0.4, -0.2) is 36.5 Å². The van der Waals surface area contributed by atoms with Gasteiger partial charge in [-0.2, -0.15) is 5.10 Å². The maximum absolute atomic E-state index is 12.2. The summed E-state index contributed by atoms with van der Waals surface area (Å²) in [6, 6.07) is 0.0604. The second-order valence-corrected chi connectivity index (χ2v) is 6.53. The molecule has 0 radical (unpaired) electrons. The predicted octanol–water partition coefficient (Wildman–Crippen LogP) is 1.42. The molecule has 0 fully saturated rings. The molecule has 7 heteroatoms. The third-order valence-electron chi connectivity index (χ3n) is 2.67. The quantitative estimate of drug-likeness (QED) is 0.766. The molecule has 19 heavy (non-hydrogen) atoms. The first-order chi connectivity index (χ1) is 8.70. The van der Waals surface area contributed by atoms with Crippen molar-refractivity contribution in [1.82, 2.24) is 9.78 Å². The number of hydrogen-bond acceptors (Lipinski definition) is 5. The van der Waals surface area contributed by atoms with Gasteiger partial charge < -0.3 is 4.74 Å². The summed E-state index contributed by atoms with van der Waals surface area (Å²) in [5.74, 6) is -1.38. The minimum absolute atomic E-state index is 0.0604. The van der Waals surface area contributed by atoms with Gasteiger partial charge in [0.15, 0.2) is 15.6 Å². The number of carbonyl (C=O) groups is 1. The average Bonchev–Trinajstić information content (AvgIpc) is 2.54. The molecular formula is C12H20N2O4S. The zero-order valence-electron chi connectivity index (χ0n) is 11.9. The Kier molecular flexibility index (Phi) is 4.73. The highest BCUT2D eigenvalue weighted by atomic mass is 32.2. The van der Waals surface area contributed by atoms with E-state index in [1.165, 1.54) is 0 Å². The smallest absolute Gasteiger partial charge is 0.321 e. The standard InChI is InChI=1S/C12H20N2O4S/c1-6-18-11(15)7-19(16,17)12-9(4)13-14(8(2)3)10(12)5/h8H,6-7H2,1-5H3. The lowest BCUT2D eigenvalue weighted by Gasteiger charge is -2.09. The van der Waals surface area contributed by atoms with Crippen LogP contribution < -0.4 is 0 Å². The van der Waals surface area contributed by atoms with E-state index in [0.717, 1.165) is 0 Å². The fourth-order valence-electron chi connectivity index (χ4n) is 2.03. The molecule has 0 bridgehead atoms. The van der Waals surface area contributed by atoms with Gasteiger partial charge in [-0.15, -0.1) is 0 Å². The van der Waals surface area contributed by atoms with Gasteiger partial charge in [-0.3, -0.25) is 9.48 Å². The van der Waals surface area contributed by atoms with Crippen molar-refractivity contribution in [3.8, 4) is 0 Å². The number of ether oxygens (including phenoxy) is 1. The van der Waals surface area contributed by atoms with Gasteiger partial charge in [0.1, 0.15) is 4.90 Å².